The van der Waals surface area contributed by atoms with Crippen LogP contribution in [0.2, 0.25) is 0 Å². The molecule has 0 aromatic heterocycles. The number of nitrogens with zero attached hydrogens (tertiary/aromatic N) is 1. The fraction of sp³-hybridized carbons (Fsp3) is 0.316. The molecule has 24 heavy (non-hydrogen) atoms. The molecule has 1 aliphatic carbocycles. The maximum atomic E-state index is 13.6. The van der Waals surface area contributed by atoms with Crippen LogP contribution >= 0.6 is 0 Å². The standard InChI is InChI=1S/C19H21F2N3/c1-22-19(23-10-9-14-11-15(20)7-8-17(14)21)24-18-12-16(18)13-5-3-2-4-6-13/h2-8,11,16,18H,9-10,12H2,1H3,(H2,22,23,24). The van der Waals surface area contributed by atoms with Gasteiger partial charge in [-0.2, -0.15) is 0 Å². The van der Waals surface area contributed by atoms with E-state index in [0.29, 0.717) is 36.4 Å². The normalized spacial score (nSPS) is 19.9. The molecule has 3 rings (SSSR count). The average Bonchev–Trinajstić information content (AvgIpc) is 3.37. The van der Waals surface area contributed by atoms with E-state index < -0.39 is 5.82 Å². The van der Waals surface area contributed by atoms with E-state index >= 15 is 0 Å². The van der Waals surface area contributed by atoms with E-state index in [2.05, 4.69) is 27.8 Å². The van der Waals surface area contributed by atoms with Gasteiger partial charge in [0.1, 0.15) is 11.6 Å². The minimum atomic E-state index is -0.419. The molecule has 5 heteroatoms. The van der Waals surface area contributed by atoms with Gasteiger partial charge in [-0.3, -0.25) is 4.99 Å². The molecule has 2 atom stereocenters. The summed E-state index contributed by atoms with van der Waals surface area (Å²) in [5.74, 6) is 0.394. The van der Waals surface area contributed by atoms with Gasteiger partial charge < -0.3 is 10.6 Å². The minimum Gasteiger partial charge on any atom is -0.356 e. The van der Waals surface area contributed by atoms with E-state index in [9.17, 15) is 8.78 Å². The quantitative estimate of drug-likeness (QED) is 0.653. The van der Waals surface area contributed by atoms with Crippen LogP contribution in [0.25, 0.3) is 0 Å². The lowest BCUT2D eigenvalue weighted by molar-refractivity contribution is 0.583. The zero-order valence-corrected chi connectivity index (χ0v) is 13.6. The van der Waals surface area contributed by atoms with Crippen molar-refractivity contribution in [3.05, 3.63) is 71.3 Å². The Morgan fingerprint density at radius 2 is 1.96 bits per heavy atom. The predicted molar refractivity (Wildman–Crippen MR) is 92.1 cm³/mol. The minimum absolute atomic E-state index is 0.365. The van der Waals surface area contributed by atoms with Crippen LogP contribution in [0.15, 0.2) is 53.5 Å². The van der Waals surface area contributed by atoms with Crippen LogP contribution in [-0.4, -0.2) is 25.6 Å². The molecule has 2 N–H and O–H groups in total. The zero-order chi connectivity index (χ0) is 16.9. The Bertz CT molecular complexity index is 716. The number of rotatable bonds is 5. The van der Waals surface area contributed by atoms with Crippen molar-refractivity contribution in [3.63, 3.8) is 0 Å². The summed E-state index contributed by atoms with van der Waals surface area (Å²) in [7, 11) is 1.71. The second-order valence-electron chi connectivity index (χ2n) is 5.99. The molecule has 0 radical (unpaired) electrons. The third-order valence-corrected chi connectivity index (χ3v) is 4.26. The number of nitrogens with one attached hydrogen (secondary N) is 2. The summed E-state index contributed by atoms with van der Waals surface area (Å²) in [5.41, 5.74) is 1.69. The third kappa shape index (κ3) is 4.10. The first-order chi connectivity index (χ1) is 11.7. The maximum absolute atomic E-state index is 13.6. The van der Waals surface area contributed by atoms with Gasteiger partial charge in [0.25, 0.3) is 0 Å². The van der Waals surface area contributed by atoms with Gasteiger partial charge in [0, 0.05) is 25.6 Å². The molecule has 0 aliphatic heterocycles. The SMILES string of the molecule is CN=C(NCCc1cc(F)ccc1F)NC1CC1c1ccccc1. The van der Waals surface area contributed by atoms with E-state index in [4.69, 9.17) is 0 Å². The van der Waals surface area contributed by atoms with Crippen molar-refractivity contribution in [1.29, 1.82) is 0 Å². The number of halogens is 2. The van der Waals surface area contributed by atoms with Gasteiger partial charge in [0.05, 0.1) is 0 Å². The highest BCUT2D eigenvalue weighted by atomic mass is 19.1. The van der Waals surface area contributed by atoms with Crippen LogP contribution in [0, 0.1) is 11.6 Å². The first-order valence-corrected chi connectivity index (χ1v) is 8.13. The number of guanidine groups is 1. The monoisotopic (exact) mass is 329 g/mol. The number of benzene rings is 2. The Labute approximate surface area is 140 Å². The molecule has 2 aromatic carbocycles. The van der Waals surface area contributed by atoms with Crippen molar-refractivity contribution < 1.29 is 8.78 Å². The summed E-state index contributed by atoms with van der Waals surface area (Å²) >= 11 is 0. The van der Waals surface area contributed by atoms with E-state index in [-0.39, 0.29) is 5.82 Å². The topological polar surface area (TPSA) is 36.4 Å². The fourth-order valence-electron chi connectivity index (χ4n) is 2.84. The Balaban J connectivity index is 1.47. The van der Waals surface area contributed by atoms with Crippen LogP contribution in [0.3, 0.4) is 0 Å². The Morgan fingerprint density at radius 1 is 1.17 bits per heavy atom. The van der Waals surface area contributed by atoms with E-state index in [1.165, 1.54) is 11.6 Å². The maximum Gasteiger partial charge on any atom is 0.191 e. The molecule has 1 aliphatic rings. The zero-order valence-electron chi connectivity index (χ0n) is 13.6. The summed E-state index contributed by atoms with van der Waals surface area (Å²) in [4.78, 5) is 4.19. The van der Waals surface area contributed by atoms with E-state index in [1.54, 1.807) is 7.05 Å². The van der Waals surface area contributed by atoms with Crippen molar-refractivity contribution in [2.24, 2.45) is 4.99 Å². The molecule has 0 heterocycles. The second-order valence-corrected chi connectivity index (χ2v) is 5.99. The number of hydrogen-bond acceptors (Lipinski definition) is 1. The first-order valence-electron chi connectivity index (χ1n) is 8.13. The molecular weight excluding hydrogens is 308 g/mol. The molecule has 3 nitrogen and oxygen atoms in total. The molecule has 1 fully saturated rings. The molecule has 1 saturated carbocycles. The fourth-order valence-corrected chi connectivity index (χ4v) is 2.84. The second kappa shape index (κ2) is 7.43. The van der Waals surface area contributed by atoms with Crippen LogP contribution in [-0.2, 0) is 6.42 Å². The summed E-state index contributed by atoms with van der Waals surface area (Å²) < 4.78 is 26.8. The van der Waals surface area contributed by atoms with E-state index in [1.807, 2.05) is 18.2 Å². The Kier molecular flexibility index (Phi) is 5.08. The van der Waals surface area contributed by atoms with Crippen LogP contribution in [0.1, 0.15) is 23.5 Å². The van der Waals surface area contributed by atoms with Gasteiger partial charge in [-0.1, -0.05) is 30.3 Å². The van der Waals surface area contributed by atoms with Crippen molar-refractivity contribution in [2.45, 2.75) is 24.8 Å². The Morgan fingerprint density at radius 3 is 2.71 bits per heavy atom. The van der Waals surface area contributed by atoms with Crippen LogP contribution in [0.5, 0.6) is 0 Å². The van der Waals surface area contributed by atoms with Gasteiger partial charge >= 0.3 is 0 Å². The molecule has 0 saturated heterocycles. The summed E-state index contributed by atoms with van der Waals surface area (Å²) in [5, 5.41) is 6.53. The van der Waals surface area contributed by atoms with Crippen LogP contribution < -0.4 is 10.6 Å². The molecule has 0 amide bonds. The predicted octanol–water partition coefficient (Wildman–Crippen LogP) is 3.23. The lowest BCUT2D eigenvalue weighted by Gasteiger charge is -2.12. The van der Waals surface area contributed by atoms with Crippen LogP contribution in [0.4, 0.5) is 8.78 Å². The van der Waals surface area contributed by atoms with Gasteiger partial charge in [-0.15, -0.1) is 0 Å². The highest BCUT2D eigenvalue weighted by Gasteiger charge is 2.38. The highest BCUT2D eigenvalue weighted by Crippen LogP contribution is 2.40. The molecular formula is C19H21F2N3. The van der Waals surface area contributed by atoms with Crippen molar-refractivity contribution in [2.75, 3.05) is 13.6 Å². The van der Waals surface area contributed by atoms with Crippen molar-refractivity contribution >= 4 is 5.96 Å². The van der Waals surface area contributed by atoms with Gasteiger partial charge in [-0.05, 0) is 42.2 Å². The number of hydrogen-bond donors (Lipinski definition) is 2. The average molecular weight is 329 g/mol. The molecule has 2 unspecified atom stereocenters. The highest BCUT2D eigenvalue weighted by molar-refractivity contribution is 5.80. The largest absolute Gasteiger partial charge is 0.356 e. The number of aliphatic imine (C=N–C) groups is 1. The van der Waals surface area contributed by atoms with Crippen molar-refractivity contribution in [1.82, 2.24) is 10.6 Å². The van der Waals surface area contributed by atoms with Gasteiger partial charge in [0.2, 0.25) is 0 Å². The molecule has 2 aromatic rings. The summed E-state index contributed by atoms with van der Waals surface area (Å²) in [6.45, 7) is 0.489. The molecule has 0 spiro atoms. The first kappa shape index (κ1) is 16.4. The lowest BCUT2D eigenvalue weighted by atomic mass is 10.1. The smallest absolute Gasteiger partial charge is 0.191 e. The third-order valence-electron chi connectivity index (χ3n) is 4.26. The Hall–Kier alpha value is -2.43. The summed E-state index contributed by atoms with van der Waals surface area (Å²) in [6.07, 6.45) is 1.47. The van der Waals surface area contributed by atoms with Gasteiger partial charge in [0.15, 0.2) is 5.96 Å². The van der Waals surface area contributed by atoms with E-state index in [0.717, 1.165) is 18.6 Å². The lowest BCUT2D eigenvalue weighted by Crippen LogP contribution is -2.40. The molecule has 126 valence electrons. The van der Waals surface area contributed by atoms with Crippen molar-refractivity contribution in [3.8, 4) is 0 Å². The summed E-state index contributed by atoms with van der Waals surface area (Å²) in [6, 6.07) is 14.3. The molecule has 0 bridgehead atoms. The van der Waals surface area contributed by atoms with Gasteiger partial charge in [-0.25, -0.2) is 8.78 Å².